The maximum Gasteiger partial charge on any atom is 0.287 e. The van der Waals surface area contributed by atoms with Gasteiger partial charge >= 0.3 is 0 Å². The van der Waals surface area contributed by atoms with Crippen LogP contribution < -0.4 is 10.6 Å². The quantitative estimate of drug-likeness (QED) is 0.735. The van der Waals surface area contributed by atoms with Crippen LogP contribution in [0.25, 0.3) is 0 Å². The molecule has 0 bridgehead atoms. The van der Waals surface area contributed by atoms with Crippen LogP contribution in [-0.2, 0) is 13.0 Å². The fourth-order valence-corrected chi connectivity index (χ4v) is 3.53. The Morgan fingerprint density at radius 3 is 2.81 bits per heavy atom. The van der Waals surface area contributed by atoms with E-state index in [2.05, 4.69) is 22.5 Å². The Labute approximate surface area is 164 Å². The Morgan fingerprint density at radius 2 is 2.07 bits per heavy atom. The summed E-state index contributed by atoms with van der Waals surface area (Å²) >= 11 is 5.98. The summed E-state index contributed by atoms with van der Waals surface area (Å²) in [5, 5.41) is 6.42. The topological polar surface area (TPSA) is 76.0 Å². The molecule has 2 heterocycles. The lowest BCUT2D eigenvalue weighted by molar-refractivity contribution is 0.0937. The molecule has 7 heteroatoms. The smallest absolute Gasteiger partial charge is 0.287 e. The number of carbonyl (C=O) groups excluding carboxylic acids is 2. The zero-order valence-electron chi connectivity index (χ0n) is 15.8. The van der Waals surface area contributed by atoms with E-state index in [4.69, 9.17) is 11.6 Å². The molecular weight excluding hydrogens is 364 g/mol. The van der Waals surface area contributed by atoms with Crippen molar-refractivity contribution in [1.82, 2.24) is 14.9 Å². The van der Waals surface area contributed by atoms with Gasteiger partial charge in [0.25, 0.3) is 11.8 Å². The van der Waals surface area contributed by atoms with Crippen molar-refractivity contribution in [2.45, 2.75) is 52.5 Å². The number of aryl methyl sites for hydroxylation is 1. The number of hydrogen-bond donors (Lipinski definition) is 2. The van der Waals surface area contributed by atoms with E-state index in [0.717, 1.165) is 43.4 Å². The van der Waals surface area contributed by atoms with Crippen molar-refractivity contribution in [2.75, 3.05) is 11.9 Å². The maximum atomic E-state index is 12.9. The van der Waals surface area contributed by atoms with E-state index in [1.54, 1.807) is 18.2 Å². The summed E-state index contributed by atoms with van der Waals surface area (Å²) in [6, 6.07) is 5.31. The predicted molar refractivity (Wildman–Crippen MR) is 107 cm³/mol. The molecule has 0 saturated carbocycles. The predicted octanol–water partition coefficient (Wildman–Crippen LogP) is 3.96. The lowest BCUT2D eigenvalue weighted by atomic mass is 10.1. The van der Waals surface area contributed by atoms with Crippen LogP contribution in [0.1, 0.15) is 65.0 Å². The van der Waals surface area contributed by atoms with Crippen molar-refractivity contribution in [3.8, 4) is 0 Å². The van der Waals surface area contributed by atoms with Crippen molar-refractivity contribution in [1.29, 1.82) is 0 Å². The van der Waals surface area contributed by atoms with E-state index in [9.17, 15) is 9.59 Å². The molecule has 2 N–H and O–H groups in total. The Bertz CT molecular complexity index is 860. The fourth-order valence-electron chi connectivity index (χ4n) is 3.30. The monoisotopic (exact) mass is 388 g/mol. The Kier molecular flexibility index (Phi) is 6.16. The van der Waals surface area contributed by atoms with Crippen LogP contribution in [0.5, 0.6) is 0 Å². The minimum absolute atomic E-state index is 0.215. The number of halogens is 1. The molecule has 6 nitrogen and oxygen atoms in total. The molecule has 2 aromatic rings. The van der Waals surface area contributed by atoms with Crippen LogP contribution in [0.2, 0.25) is 5.02 Å². The molecule has 1 aromatic heterocycles. The molecule has 0 unspecified atom stereocenters. The van der Waals surface area contributed by atoms with Crippen molar-refractivity contribution < 1.29 is 9.59 Å². The Balaban J connectivity index is 1.86. The molecule has 3 rings (SSSR count). The summed E-state index contributed by atoms with van der Waals surface area (Å²) in [6.45, 7) is 5.29. The van der Waals surface area contributed by atoms with Gasteiger partial charge in [-0.25, -0.2) is 4.98 Å². The number of fused-ring (bicyclic) bond motifs is 1. The molecule has 0 atom stereocenters. The summed E-state index contributed by atoms with van der Waals surface area (Å²) < 4.78 is 1.90. The second kappa shape index (κ2) is 8.57. The van der Waals surface area contributed by atoms with E-state index < -0.39 is 0 Å². The number of aromatic nitrogens is 2. The van der Waals surface area contributed by atoms with Crippen LogP contribution in [0.4, 0.5) is 5.69 Å². The summed E-state index contributed by atoms with van der Waals surface area (Å²) in [4.78, 5) is 29.8. The number of rotatable bonds is 6. The summed E-state index contributed by atoms with van der Waals surface area (Å²) in [6.07, 6.45) is 4.65. The number of benzene rings is 1. The van der Waals surface area contributed by atoms with E-state index in [1.807, 2.05) is 11.5 Å². The van der Waals surface area contributed by atoms with Crippen molar-refractivity contribution in [3.63, 3.8) is 0 Å². The minimum Gasteiger partial charge on any atom is -0.349 e. The van der Waals surface area contributed by atoms with E-state index in [1.165, 1.54) is 0 Å². The molecule has 0 aliphatic carbocycles. The minimum atomic E-state index is -0.293. The first-order valence-corrected chi connectivity index (χ1v) is 9.84. The van der Waals surface area contributed by atoms with Gasteiger partial charge in [-0.1, -0.05) is 24.9 Å². The van der Waals surface area contributed by atoms with E-state index in [0.29, 0.717) is 35.3 Å². The second-order valence-corrected chi connectivity index (χ2v) is 7.30. The first-order chi connectivity index (χ1) is 13.0. The molecule has 0 fully saturated rings. The van der Waals surface area contributed by atoms with Crippen molar-refractivity contribution in [3.05, 3.63) is 46.0 Å². The molecule has 0 spiro atoms. The van der Waals surface area contributed by atoms with Gasteiger partial charge in [0.15, 0.2) is 11.5 Å². The lowest BCUT2D eigenvalue weighted by Crippen LogP contribution is -2.28. The third kappa shape index (κ3) is 4.33. The van der Waals surface area contributed by atoms with Gasteiger partial charge in [-0.05, 0) is 56.4 Å². The van der Waals surface area contributed by atoms with Crippen LogP contribution in [0.15, 0.2) is 18.2 Å². The molecule has 1 aliphatic rings. The van der Waals surface area contributed by atoms with Gasteiger partial charge in [0.2, 0.25) is 0 Å². The van der Waals surface area contributed by atoms with Gasteiger partial charge < -0.3 is 15.2 Å². The number of unbranched alkanes of at least 4 members (excludes halogenated alkanes) is 1. The van der Waals surface area contributed by atoms with Gasteiger partial charge in [-0.15, -0.1) is 0 Å². The highest BCUT2D eigenvalue weighted by molar-refractivity contribution is 6.30. The molecule has 1 aliphatic heterocycles. The second-order valence-electron chi connectivity index (χ2n) is 6.86. The average molecular weight is 389 g/mol. The molecule has 0 radical (unpaired) electrons. The van der Waals surface area contributed by atoms with Gasteiger partial charge in [0.1, 0.15) is 0 Å². The van der Waals surface area contributed by atoms with Gasteiger partial charge in [-0.2, -0.15) is 0 Å². The first-order valence-electron chi connectivity index (χ1n) is 9.46. The summed E-state index contributed by atoms with van der Waals surface area (Å²) in [5.41, 5.74) is 2.74. The highest BCUT2D eigenvalue weighted by Gasteiger charge is 2.27. The molecule has 27 heavy (non-hydrogen) atoms. The van der Waals surface area contributed by atoms with Crippen LogP contribution >= 0.6 is 11.6 Å². The molecule has 2 amide bonds. The standard InChI is InChI=1S/C20H25ClN4O2/c1-3-4-10-22-20(27)18-24-17(16-7-5-6-11-25(16)18)19(26)23-15-9-8-14(21)12-13(15)2/h8-9,12H,3-7,10-11H2,1-2H3,(H,22,27)(H,23,26). The molecule has 0 saturated heterocycles. The molecule has 1 aromatic carbocycles. The van der Waals surface area contributed by atoms with Gasteiger partial charge in [-0.3, -0.25) is 9.59 Å². The SMILES string of the molecule is CCCCNC(=O)c1nc(C(=O)Nc2ccc(Cl)cc2C)c2n1CCCC2. The Hall–Kier alpha value is -2.34. The van der Waals surface area contributed by atoms with E-state index >= 15 is 0 Å². The zero-order valence-corrected chi connectivity index (χ0v) is 16.5. The third-order valence-corrected chi connectivity index (χ3v) is 5.02. The van der Waals surface area contributed by atoms with Crippen molar-refractivity contribution >= 4 is 29.1 Å². The highest BCUT2D eigenvalue weighted by atomic mass is 35.5. The lowest BCUT2D eigenvalue weighted by Gasteiger charge is -2.17. The number of nitrogens with zero attached hydrogens (tertiary/aromatic N) is 2. The normalized spacial score (nSPS) is 13.1. The summed E-state index contributed by atoms with van der Waals surface area (Å²) in [7, 11) is 0. The zero-order chi connectivity index (χ0) is 19.4. The number of imidazole rings is 1. The van der Waals surface area contributed by atoms with Crippen LogP contribution in [-0.4, -0.2) is 27.9 Å². The van der Waals surface area contributed by atoms with Crippen LogP contribution in [0.3, 0.4) is 0 Å². The largest absolute Gasteiger partial charge is 0.349 e. The number of carbonyl (C=O) groups is 2. The first kappa shape index (κ1) is 19.4. The van der Waals surface area contributed by atoms with Crippen molar-refractivity contribution in [2.24, 2.45) is 0 Å². The number of anilines is 1. The molecular formula is C20H25ClN4O2. The summed E-state index contributed by atoms with van der Waals surface area (Å²) in [5.74, 6) is -0.175. The number of amides is 2. The molecule has 144 valence electrons. The number of hydrogen-bond acceptors (Lipinski definition) is 3. The van der Waals surface area contributed by atoms with Gasteiger partial charge in [0, 0.05) is 23.8 Å². The van der Waals surface area contributed by atoms with Crippen LogP contribution in [0, 0.1) is 6.92 Å². The third-order valence-electron chi connectivity index (χ3n) is 4.79. The Morgan fingerprint density at radius 1 is 1.26 bits per heavy atom. The number of nitrogens with one attached hydrogen (secondary N) is 2. The average Bonchev–Trinajstić information content (AvgIpc) is 3.04. The maximum absolute atomic E-state index is 12.9. The highest BCUT2D eigenvalue weighted by Crippen LogP contribution is 2.24. The van der Waals surface area contributed by atoms with Gasteiger partial charge in [0.05, 0.1) is 5.69 Å². The van der Waals surface area contributed by atoms with E-state index in [-0.39, 0.29) is 11.8 Å². The fraction of sp³-hybridized carbons (Fsp3) is 0.450.